The van der Waals surface area contributed by atoms with Gasteiger partial charge in [0.15, 0.2) is 0 Å². The van der Waals surface area contributed by atoms with Gasteiger partial charge in [-0.2, -0.15) is 0 Å². The monoisotopic (exact) mass is 221 g/mol. The molecule has 1 rings (SSSR count). The van der Waals surface area contributed by atoms with Gasteiger partial charge in [-0.1, -0.05) is 19.9 Å². The first-order valence-electron chi connectivity index (χ1n) is 5.58. The molecule has 0 spiro atoms. The van der Waals surface area contributed by atoms with Crippen LogP contribution < -0.4 is 10.6 Å². The molecule has 0 fully saturated rings. The molecule has 1 aromatic heterocycles. The molecular weight excluding hydrogens is 202 g/mol. The van der Waals surface area contributed by atoms with Crippen LogP contribution in [-0.2, 0) is 4.79 Å². The zero-order valence-electron chi connectivity index (χ0n) is 10.1. The first-order valence-corrected chi connectivity index (χ1v) is 5.58. The Hall–Kier alpha value is -1.42. The number of nitrogens with one attached hydrogen (secondary N) is 2. The van der Waals surface area contributed by atoms with Gasteiger partial charge in [-0.25, -0.2) is 4.98 Å². The average Bonchev–Trinajstić information content (AvgIpc) is 2.28. The molecule has 88 valence electrons. The molecule has 0 saturated heterocycles. The second-order valence-electron chi connectivity index (χ2n) is 3.87. The van der Waals surface area contributed by atoms with Gasteiger partial charge < -0.3 is 10.6 Å². The number of pyridine rings is 1. The number of carbonyl (C=O) groups is 1. The fourth-order valence-electron chi connectivity index (χ4n) is 1.31. The normalized spacial score (nSPS) is 12.2. The fourth-order valence-corrected chi connectivity index (χ4v) is 1.31. The Balaban J connectivity index is 2.54. The largest absolute Gasteiger partial charge is 0.316 e. The number of nitrogens with zero attached hydrogens (tertiary/aromatic N) is 1. The summed E-state index contributed by atoms with van der Waals surface area (Å²) in [7, 11) is 0. The third-order valence-electron chi connectivity index (χ3n) is 2.40. The molecule has 1 atom stereocenters. The molecule has 0 aromatic carbocycles. The van der Waals surface area contributed by atoms with E-state index >= 15 is 0 Å². The minimum Gasteiger partial charge on any atom is -0.316 e. The minimum absolute atomic E-state index is 0.00255. The van der Waals surface area contributed by atoms with E-state index in [1.54, 1.807) is 6.20 Å². The summed E-state index contributed by atoms with van der Waals surface area (Å²) in [6.45, 7) is 7.41. The van der Waals surface area contributed by atoms with Crippen LogP contribution in [0.3, 0.4) is 0 Å². The van der Waals surface area contributed by atoms with Crippen LogP contribution in [0.15, 0.2) is 18.3 Å². The highest BCUT2D eigenvalue weighted by atomic mass is 16.1. The lowest BCUT2D eigenvalue weighted by Crippen LogP contribution is -2.30. The van der Waals surface area contributed by atoms with Crippen molar-refractivity contribution >= 4 is 11.7 Å². The first kappa shape index (κ1) is 12.6. The van der Waals surface area contributed by atoms with E-state index in [0.29, 0.717) is 12.4 Å². The zero-order valence-corrected chi connectivity index (χ0v) is 10.1. The van der Waals surface area contributed by atoms with Gasteiger partial charge >= 0.3 is 0 Å². The molecule has 0 aliphatic carbocycles. The van der Waals surface area contributed by atoms with Crippen LogP contribution in [0.4, 0.5) is 5.82 Å². The molecule has 0 radical (unpaired) electrons. The summed E-state index contributed by atoms with van der Waals surface area (Å²) in [5, 5.41) is 5.98. The fraction of sp³-hybridized carbons (Fsp3) is 0.500. The quantitative estimate of drug-likeness (QED) is 0.793. The lowest BCUT2D eigenvalue weighted by Gasteiger charge is -2.12. The summed E-state index contributed by atoms with van der Waals surface area (Å²) in [6, 6.07) is 3.78. The summed E-state index contributed by atoms with van der Waals surface area (Å²) in [6.07, 6.45) is 1.68. The lowest BCUT2D eigenvalue weighted by atomic mass is 10.1. The maximum atomic E-state index is 11.8. The highest BCUT2D eigenvalue weighted by Gasteiger charge is 2.13. The van der Waals surface area contributed by atoms with E-state index < -0.39 is 0 Å². The Kier molecular flexibility index (Phi) is 4.92. The van der Waals surface area contributed by atoms with Crippen LogP contribution in [0.5, 0.6) is 0 Å². The van der Waals surface area contributed by atoms with Gasteiger partial charge in [-0.15, -0.1) is 0 Å². The molecule has 0 bridgehead atoms. The van der Waals surface area contributed by atoms with Crippen LogP contribution in [-0.4, -0.2) is 24.0 Å². The Morgan fingerprint density at radius 1 is 1.56 bits per heavy atom. The molecule has 0 aliphatic rings. The van der Waals surface area contributed by atoms with E-state index in [0.717, 1.165) is 12.1 Å². The highest BCUT2D eigenvalue weighted by Crippen LogP contribution is 2.10. The summed E-state index contributed by atoms with van der Waals surface area (Å²) >= 11 is 0. The van der Waals surface area contributed by atoms with E-state index in [2.05, 4.69) is 15.6 Å². The van der Waals surface area contributed by atoms with Crippen LogP contribution in [0.1, 0.15) is 19.4 Å². The molecule has 2 N–H and O–H groups in total. The van der Waals surface area contributed by atoms with Gasteiger partial charge in [-0.3, -0.25) is 4.79 Å². The number of aromatic nitrogens is 1. The SMILES string of the molecule is CCNCC(C)C(=O)Nc1ncccc1C. The number of amides is 1. The van der Waals surface area contributed by atoms with Crippen LogP contribution in [0, 0.1) is 12.8 Å². The Morgan fingerprint density at radius 3 is 2.94 bits per heavy atom. The highest BCUT2D eigenvalue weighted by molar-refractivity contribution is 5.92. The number of carbonyl (C=O) groups excluding carboxylic acids is 1. The van der Waals surface area contributed by atoms with Crippen molar-refractivity contribution in [2.24, 2.45) is 5.92 Å². The Bertz CT molecular complexity index is 352. The van der Waals surface area contributed by atoms with Crippen molar-refractivity contribution in [1.82, 2.24) is 10.3 Å². The van der Waals surface area contributed by atoms with Gasteiger partial charge in [0, 0.05) is 18.7 Å². The molecule has 16 heavy (non-hydrogen) atoms. The third kappa shape index (κ3) is 3.62. The van der Waals surface area contributed by atoms with E-state index in [9.17, 15) is 4.79 Å². The summed E-state index contributed by atoms with van der Waals surface area (Å²) < 4.78 is 0. The smallest absolute Gasteiger partial charge is 0.229 e. The van der Waals surface area contributed by atoms with Crippen LogP contribution in [0.25, 0.3) is 0 Å². The Labute approximate surface area is 96.5 Å². The summed E-state index contributed by atoms with van der Waals surface area (Å²) in [4.78, 5) is 15.9. The summed E-state index contributed by atoms with van der Waals surface area (Å²) in [5.74, 6) is 0.597. The van der Waals surface area contributed by atoms with Crippen molar-refractivity contribution in [2.45, 2.75) is 20.8 Å². The minimum atomic E-state index is -0.0543. The van der Waals surface area contributed by atoms with Crippen molar-refractivity contribution in [3.63, 3.8) is 0 Å². The average molecular weight is 221 g/mol. The predicted molar refractivity (Wildman–Crippen MR) is 65.3 cm³/mol. The van der Waals surface area contributed by atoms with Crippen molar-refractivity contribution < 1.29 is 4.79 Å². The molecule has 1 amide bonds. The molecular formula is C12H19N3O. The molecule has 4 nitrogen and oxygen atoms in total. The lowest BCUT2D eigenvalue weighted by molar-refractivity contribution is -0.119. The number of anilines is 1. The molecule has 1 heterocycles. The second-order valence-corrected chi connectivity index (χ2v) is 3.87. The molecule has 1 aromatic rings. The number of aryl methyl sites for hydroxylation is 1. The van der Waals surface area contributed by atoms with Gasteiger partial charge in [-0.05, 0) is 25.1 Å². The van der Waals surface area contributed by atoms with E-state index in [-0.39, 0.29) is 11.8 Å². The number of hydrogen-bond acceptors (Lipinski definition) is 3. The Morgan fingerprint density at radius 2 is 2.31 bits per heavy atom. The molecule has 0 aliphatic heterocycles. The number of hydrogen-bond donors (Lipinski definition) is 2. The van der Waals surface area contributed by atoms with Crippen LogP contribution in [0.2, 0.25) is 0 Å². The van der Waals surface area contributed by atoms with Crippen LogP contribution >= 0.6 is 0 Å². The molecule has 1 unspecified atom stereocenters. The molecule has 0 saturated carbocycles. The van der Waals surface area contributed by atoms with Gasteiger partial charge in [0.05, 0.1) is 0 Å². The van der Waals surface area contributed by atoms with Gasteiger partial charge in [0.25, 0.3) is 0 Å². The van der Waals surface area contributed by atoms with Gasteiger partial charge in [0.1, 0.15) is 5.82 Å². The zero-order chi connectivity index (χ0) is 12.0. The van der Waals surface area contributed by atoms with E-state index in [1.807, 2.05) is 32.9 Å². The van der Waals surface area contributed by atoms with E-state index in [4.69, 9.17) is 0 Å². The third-order valence-corrected chi connectivity index (χ3v) is 2.40. The maximum absolute atomic E-state index is 11.8. The van der Waals surface area contributed by atoms with E-state index in [1.165, 1.54) is 0 Å². The van der Waals surface area contributed by atoms with Crippen molar-refractivity contribution in [2.75, 3.05) is 18.4 Å². The summed E-state index contributed by atoms with van der Waals surface area (Å²) in [5.41, 5.74) is 0.978. The van der Waals surface area contributed by atoms with Gasteiger partial charge in [0.2, 0.25) is 5.91 Å². The standard InChI is InChI=1S/C12H19N3O/c1-4-13-8-10(3)12(16)15-11-9(2)6-5-7-14-11/h5-7,10,13H,4,8H2,1-3H3,(H,14,15,16). The van der Waals surface area contributed by atoms with Crippen molar-refractivity contribution in [1.29, 1.82) is 0 Å². The second kappa shape index (κ2) is 6.23. The van der Waals surface area contributed by atoms with Crippen molar-refractivity contribution in [3.05, 3.63) is 23.9 Å². The predicted octanol–water partition coefficient (Wildman–Crippen LogP) is 1.57. The maximum Gasteiger partial charge on any atom is 0.229 e. The topological polar surface area (TPSA) is 54.0 Å². The number of rotatable bonds is 5. The van der Waals surface area contributed by atoms with Crippen molar-refractivity contribution in [3.8, 4) is 0 Å². The first-order chi connectivity index (χ1) is 7.65. The molecule has 4 heteroatoms.